The normalized spacial score (nSPS) is 27.5. The third kappa shape index (κ3) is 2.29. The molecule has 3 heteroatoms. The fourth-order valence-corrected chi connectivity index (χ4v) is 2.10. The van der Waals surface area contributed by atoms with Crippen molar-refractivity contribution in [3.05, 3.63) is 24.3 Å². The summed E-state index contributed by atoms with van der Waals surface area (Å²) in [5, 5.41) is 9.77. The SMILES string of the molecule is OC1CCCCC1Cc1ncccn1. The molecule has 0 spiro atoms. The van der Waals surface area contributed by atoms with E-state index in [2.05, 4.69) is 9.97 Å². The Kier molecular flexibility index (Phi) is 3.09. The first-order valence-corrected chi connectivity index (χ1v) is 5.30. The smallest absolute Gasteiger partial charge is 0.128 e. The van der Waals surface area contributed by atoms with Gasteiger partial charge < -0.3 is 5.11 Å². The largest absolute Gasteiger partial charge is 0.393 e. The summed E-state index contributed by atoms with van der Waals surface area (Å²) in [6.45, 7) is 0. The minimum atomic E-state index is -0.146. The van der Waals surface area contributed by atoms with E-state index in [1.54, 1.807) is 12.4 Å². The van der Waals surface area contributed by atoms with E-state index in [1.165, 1.54) is 6.42 Å². The highest BCUT2D eigenvalue weighted by molar-refractivity contribution is 4.92. The van der Waals surface area contributed by atoms with Crippen LogP contribution in [0, 0.1) is 5.92 Å². The summed E-state index contributed by atoms with van der Waals surface area (Å²) in [7, 11) is 0. The maximum absolute atomic E-state index is 9.77. The van der Waals surface area contributed by atoms with Crippen molar-refractivity contribution in [2.45, 2.75) is 38.2 Å². The highest BCUT2D eigenvalue weighted by atomic mass is 16.3. The van der Waals surface area contributed by atoms with Gasteiger partial charge >= 0.3 is 0 Å². The summed E-state index contributed by atoms with van der Waals surface area (Å²) in [5.74, 6) is 1.23. The van der Waals surface area contributed by atoms with E-state index in [0.717, 1.165) is 31.5 Å². The van der Waals surface area contributed by atoms with Crippen molar-refractivity contribution < 1.29 is 5.11 Å². The van der Waals surface area contributed by atoms with Gasteiger partial charge in [-0.3, -0.25) is 0 Å². The zero-order valence-electron chi connectivity index (χ0n) is 8.26. The molecule has 0 saturated heterocycles. The van der Waals surface area contributed by atoms with Gasteiger partial charge in [0.05, 0.1) is 6.10 Å². The van der Waals surface area contributed by atoms with Crippen LogP contribution in [0.4, 0.5) is 0 Å². The highest BCUT2D eigenvalue weighted by Crippen LogP contribution is 2.26. The van der Waals surface area contributed by atoms with Gasteiger partial charge in [0.1, 0.15) is 5.82 Å². The number of aromatic nitrogens is 2. The van der Waals surface area contributed by atoms with Gasteiger partial charge in [-0.25, -0.2) is 9.97 Å². The van der Waals surface area contributed by atoms with Gasteiger partial charge in [-0.1, -0.05) is 12.8 Å². The lowest BCUT2D eigenvalue weighted by Gasteiger charge is -2.26. The molecule has 1 aromatic heterocycles. The molecule has 2 atom stereocenters. The Morgan fingerprint density at radius 2 is 1.93 bits per heavy atom. The predicted molar refractivity (Wildman–Crippen MR) is 53.7 cm³/mol. The summed E-state index contributed by atoms with van der Waals surface area (Å²) in [6.07, 6.45) is 8.64. The second-order valence-corrected chi connectivity index (χ2v) is 3.98. The van der Waals surface area contributed by atoms with Crippen molar-refractivity contribution in [3.63, 3.8) is 0 Å². The maximum Gasteiger partial charge on any atom is 0.128 e. The average molecular weight is 192 g/mol. The Labute approximate surface area is 84.2 Å². The summed E-state index contributed by atoms with van der Waals surface area (Å²) in [6, 6.07) is 1.82. The molecule has 0 bridgehead atoms. The van der Waals surface area contributed by atoms with Crippen LogP contribution in [0.2, 0.25) is 0 Å². The zero-order chi connectivity index (χ0) is 9.80. The molecular formula is C11H16N2O. The van der Waals surface area contributed by atoms with Crippen molar-refractivity contribution >= 4 is 0 Å². The lowest BCUT2D eigenvalue weighted by molar-refractivity contribution is 0.0690. The van der Waals surface area contributed by atoms with Crippen LogP contribution in [-0.2, 0) is 6.42 Å². The molecule has 3 nitrogen and oxygen atoms in total. The van der Waals surface area contributed by atoms with Crippen LogP contribution in [-0.4, -0.2) is 21.2 Å². The molecule has 0 amide bonds. The first-order chi connectivity index (χ1) is 6.86. The first kappa shape index (κ1) is 9.59. The molecule has 1 fully saturated rings. The zero-order valence-corrected chi connectivity index (χ0v) is 8.26. The number of nitrogens with zero attached hydrogens (tertiary/aromatic N) is 2. The lowest BCUT2D eigenvalue weighted by Crippen LogP contribution is -2.26. The average Bonchev–Trinajstić information content (AvgIpc) is 2.23. The molecule has 14 heavy (non-hydrogen) atoms. The minimum Gasteiger partial charge on any atom is -0.393 e. The van der Waals surface area contributed by atoms with Crippen LogP contribution >= 0.6 is 0 Å². The summed E-state index contributed by atoms with van der Waals surface area (Å²) in [4.78, 5) is 8.37. The van der Waals surface area contributed by atoms with Gasteiger partial charge in [0.2, 0.25) is 0 Å². The van der Waals surface area contributed by atoms with Gasteiger partial charge in [0, 0.05) is 18.8 Å². The van der Waals surface area contributed by atoms with Crippen molar-refractivity contribution in [3.8, 4) is 0 Å². The van der Waals surface area contributed by atoms with E-state index in [4.69, 9.17) is 0 Å². The minimum absolute atomic E-state index is 0.146. The molecule has 1 aliphatic rings. The topological polar surface area (TPSA) is 46.0 Å². The van der Waals surface area contributed by atoms with E-state index < -0.39 is 0 Å². The van der Waals surface area contributed by atoms with Crippen LogP contribution in [0.3, 0.4) is 0 Å². The van der Waals surface area contributed by atoms with E-state index >= 15 is 0 Å². The fraction of sp³-hybridized carbons (Fsp3) is 0.636. The lowest BCUT2D eigenvalue weighted by atomic mass is 9.84. The third-order valence-electron chi connectivity index (χ3n) is 2.93. The van der Waals surface area contributed by atoms with Crippen LogP contribution in [0.1, 0.15) is 31.5 Å². The van der Waals surface area contributed by atoms with E-state index in [1.807, 2.05) is 6.07 Å². The number of hydrogen-bond acceptors (Lipinski definition) is 3. The third-order valence-corrected chi connectivity index (χ3v) is 2.93. The Bertz CT molecular complexity index is 276. The number of hydrogen-bond donors (Lipinski definition) is 1. The van der Waals surface area contributed by atoms with Gasteiger partial charge in [0.25, 0.3) is 0 Å². The molecule has 0 aliphatic heterocycles. The Balaban J connectivity index is 1.96. The van der Waals surface area contributed by atoms with Crippen LogP contribution < -0.4 is 0 Å². The standard InChI is InChI=1S/C11H16N2O/c14-10-5-2-1-4-9(10)8-11-12-6-3-7-13-11/h3,6-7,9-10,14H,1-2,4-5,8H2. The monoisotopic (exact) mass is 192 g/mol. The maximum atomic E-state index is 9.77. The van der Waals surface area contributed by atoms with Crippen molar-refractivity contribution in [2.75, 3.05) is 0 Å². The highest BCUT2D eigenvalue weighted by Gasteiger charge is 2.23. The summed E-state index contributed by atoms with van der Waals surface area (Å²) in [5.41, 5.74) is 0. The summed E-state index contributed by atoms with van der Waals surface area (Å²) < 4.78 is 0. The molecule has 0 aromatic carbocycles. The summed E-state index contributed by atoms with van der Waals surface area (Å²) >= 11 is 0. The number of aliphatic hydroxyl groups excluding tert-OH is 1. The molecule has 2 unspecified atom stereocenters. The van der Waals surface area contributed by atoms with E-state index in [-0.39, 0.29) is 6.10 Å². The Hall–Kier alpha value is -0.960. The predicted octanol–water partition coefficient (Wildman–Crippen LogP) is 1.57. The number of aliphatic hydroxyl groups is 1. The molecule has 0 radical (unpaired) electrons. The molecule has 1 heterocycles. The van der Waals surface area contributed by atoms with Crippen molar-refractivity contribution in [2.24, 2.45) is 5.92 Å². The Morgan fingerprint density at radius 1 is 1.21 bits per heavy atom. The molecular weight excluding hydrogens is 176 g/mol. The molecule has 1 N–H and O–H groups in total. The quantitative estimate of drug-likeness (QED) is 0.773. The fourth-order valence-electron chi connectivity index (χ4n) is 2.10. The number of rotatable bonds is 2. The second-order valence-electron chi connectivity index (χ2n) is 3.98. The molecule has 1 aromatic rings. The first-order valence-electron chi connectivity index (χ1n) is 5.30. The molecule has 2 rings (SSSR count). The van der Waals surface area contributed by atoms with Crippen LogP contribution in [0.25, 0.3) is 0 Å². The molecule has 1 aliphatic carbocycles. The molecule has 1 saturated carbocycles. The second kappa shape index (κ2) is 4.51. The van der Waals surface area contributed by atoms with Gasteiger partial charge in [-0.2, -0.15) is 0 Å². The van der Waals surface area contributed by atoms with Crippen molar-refractivity contribution in [1.82, 2.24) is 9.97 Å². The van der Waals surface area contributed by atoms with Gasteiger partial charge in [-0.15, -0.1) is 0 Å². The van der Waals surface area contributed by atoms with Gasteiger partial charge in [0.15, 0.2) is 0 Å². The molecule has 76 valence electrons. The van der Waals surface area contributed by atoms with E-state index in [0.29, 0.717) is 5.92 Å². The van der Waals surface area contributed by atoms with E-state index in [9.17, 15) is 5.11 Å². The van der Waals surface area contributed by atoms with Crippen LogP contribution in [0.15, 0.2) is 18.5 Å². The Morgan fingerprint density at radius 3 is 2.64 bits per heavy atom. The van der Waals surface area contributed by atoms with Crippen LogP contribution in [0.5, 0.6) is 0 Å². The van der Waals surface area contributed by atoms with Crippen molar-refractivity contribution in [1.29, 1.82) is 0 Å². The van der Waals surface area contributed by atoms with Gasteiger partial charge in [-0.05, 0) is 24.8 Å².